The van der Waals surface area contributed by atoms with Crippen LogP contribution in [-0.4, -0.2) is 56.0 Å². The molecule has 1 aliphatic heterocycles. The van der Waals surface area contributed by atoms with Gasteiger partial charge in [-0.2, -0.15) is 13.2 Å². The van der Waals surface area contributed by atoms with E-state index in [0.717, 1.165) is 36.4 Å². The number of likely N-dealkylation sites (tertiary alicyclic amines) is 1. The number of carbonyl (C=O) groups is 2. The molecule has 5 rings (SSSR count). The van der Waals surface area contributed by atoms with E-state index in [1.54, 1.807) is 4.90 Å². The molecule has 5 atom stereocenters. The van der Waals surface area contributed by atoms with Gasteiger partial charge in [0, 0.05) is 38.5 Å². The highest BCUT2D eigenvalue weighted by molar-refractivity contribution is 7.92. The number of ketones is 1. The van der Waals surface area contributed by atoms with Gasteiger partial charge >= 0.3 is 6.18 Å². The van der Waals surface area contributed by atoms with E-state index in [0.29, 0.717) is 31.9 Å². The number of halogens is 5. The van der Waals surface area contributed by atoms with Crippen molar-refractivity contribution in [3.8, 4) is 0 Å². The van der Waals surface area contributed by atoms with E-state index in [4.69, 9.17) is 5.11 Å². The van der Waals surface area contributed by atoms with Crippen molar-refractivity contribution in [1.29, 1.82) is 0 Å². The van der Waals surface area contributed by atoms with Crippen LogP contribution in [0.4, 0.5) is 22.0 Å². The van der Waals surface area contributed by atoms with Gasteiger partial charge in [-0.1, -0.05) is 18.2 Å². The Hall–Kier alpha value is -2.86. The van der Waals surface area contributed by atoms with E-state index in [-0.39, 0.29) is 73.3 Å². The number of nitrogens with zero attached hydrogens (tertiary/aromatic N) is 1. The number of hydrogen-bond donors (Lipinski definition) is 1. The van der Waals surface area contributed by atoms with Crippen molar-refractivity contribution in [1.82, 2.24) is 4.90 Å². The highest BCUT2D eigenvalue weighted by Gasteiger charge is 2.61. The van der Waals surface area contributed by atoms with Gasteiger partial charge in [0.05, 0.1) is 4.90 Å². The van der Waals surface area contributed by atoms with Crippen molar-refractivity contribution in [2.45, 2.75) is 73.4 Å². The Morgan fingerprint density at radius 1 is 1.09 bits per heavy atom. The van der Waals surface area contributed by atoms with Crippen LogP contribution in [0.15, 0.2) is 47.4 Å². The molecule has 12 heteroatoms. The molecular formula is C31H34F5NO5S. The first-order valence-corrected chi connectivity index (χ1v) is 15.9. The van der Waals surface area contributed by atoms with Gasteiger partial charge in [-0.3, -0.25) is 9.59 Å². The lowest BCUT2D eigenvalue weighted by Crippen LogP contribution is -2.45. The maximum Gasteiger partial charge on any atom is 0.426 e. The van der Waals surface area contributed by atoms with Crippen molar-refractivity contribution in [3.05, 3.63) is 65.0 Å². The average Bonchev–Trinajstić information content (AvgIpc) is 3.52. The van der Waals surface area contributed by atoms with Crippen LogP contribution in [0.2, 0.25) is 0 Å². The molecule has 0 radical (unpaired) electrons. The SMILES string of the molecule is CC(F)(c1ccc2c(c1)CC[C@H]1[C@H](CC(=O)[C@H]3CC(=O)N(CCCO)C3)CC[C@@]21S(=O)(=O)c1ccc(F)cc1)C(F)(F)F. The number of aliphatic hydroxyl groups excluding tert-OH is 1. The zero-order valence-electron chi connectivity index (χ0n) is 23.7. The molecule has 0 aromatic heterocycles. The molecule has 1 amide bonds. The Kier molecular flexibility index (Phi) is 8.26. The summed E-state index contributed by atoms with van der Waals surface area (Å²) in [7, 11) is -4.26. The Balaban J connectivity index is 1.52. The Morgan fingerprint density at radius 2 is 1.79 bits per heavy atom. The topological polar surface area (TPSA) is 91.8 Å². The van der Waals surface area contributed by atoms with Crippen LogP contribution in [0.3, 0.4) is 0 Å². The Morgan fingerprint density at radius 3 is 2.44 bits per heavy atom. The zero-order valence-corrected chi connectivity index (χ0v) is 24.5. The van der Waals surface area contributed by atoms with Gasteiger partial charge in [-0.25, -0.2) is 17.2 Å². The minimum absolute atomic E-state index is 0.0428. The molecule has 1 unspecified atom stereocenters. The van der Waals surface area contributed by atoms with E-state index in [9.17, 15) is 40.0 Å². The third-order valence-electron chi connectivity index (χ3n) is 9.74. The summed E-state index contributed by atoms with van der Waals surface area (Å²) in [6.45, 7) is 0.928. The molecule has 1 saturated heterocycles. The van der Waals surface area contributed by atoms with E-state index in [1.807, 2.05) is 0 Å². The van der Waals surface area contributed by atoms with Gasteiger partial charge < -0.3 is 10.0 Å². The summed E-state index contributed by atoms with van der Waals surface area (Å²) >= 11 is 0. The first kappa shape index (κ1) is 31.6. The molecule has 1 heterocycles. The monoisotopic (exact) mass is 627 g/mol. The largest absolute Gasteiger partial charge is 0.426 e. The number of aryl methyl sites for hydroxylation is 1. The second kappa shape index (κ2) is 11.3. The van der Waals surface area contributed by atoms with Gasteiger partial charge in [0.15, 0.2) is 9.84 Å². The molecule has 3 aliphatic rings. The van der Waals surface area contributed by atoms with Crippen LogP contribution >= 0.6 is 0 Å². The van der Waals surface area contributed by atoms with Crippen LogP contribution in [0.5, 0.6) is 0 Å². The molecule has 0 spiro atoms. The van der Waals surface area contributed by atoms with Gasteiger partial charge in [0.25, 0.3) is 0 Å². The lowest BCUT2D eigenvalue weighted by molar-refractivity contribution is -0.228. The van der Waals surface area contributed by atoms with Crippen LogP contribution in [0, 0.1) is 23.6 Å². The molecule has 234 valence electrons. The average molecular weight is 628 g/mol. The fourth-order valence-electron chi connectivity index (χ4n) is 7.39. The highest BCUT2D eigenvalue weighted by atomic mass is 32.2. The minimum Gasteiger partial charge on any atom is -0.396 e. The van der Waals surface area contributed by atoms with Crippen LogP contribution in [0.1, 0.15) is 62.1 Å². The zero-order chi connectivity index (χ0) is 31.4. The molecular weight excluding hydrogens is 593 g/mol. The fraction of sp³-hybridized carbons (Fsp3) is 0.548. The third-order valence-corrected chi connectivity index (χ3v) is 12.3. The molecule has 2 aliphatic carbocycles. The Bertz CT molecular complexity index is 1510. The quantitative estimate of drug-likeness (QED) is 0.297. The second-order valence-corrected chi connectivity index (χ2v) is 14.4. The number of fused-ring (bicyclic) bond motifs is 3. The minimum atomic E-state index is -5.18. The van der Waals surface area contributed by atoms with Crippen LogP contribution in [-0.2, 0) is 36.3 Å². The third kappa shape index (κ3) is 5.28. The van der Waals surface area contributed by atoms with E-state index < -0.39 is 49.6 Å². The maximum atomic E-state index is 14.9. The lowest BCUT2D eigenvalue weighted by atomic mass is 9.71. The first-order valence-electron chi connectivity index (χ1n) is 14.4. The molecule has 2 aromatic carbocycles. The van der Waals surface area contributed by atoms with Crippen molar-refractivity contribution >= 4 is 21.5 Å². The number of benzene rings is 2. The molecule has 1 N–H and O–H groups in total. The van der Waals surface area contributed by atoms with E-state index in [1.165, 1.54) is 6.07 Å². The van der Waals surface area contributed by atoms with Crippen molar-refractivity contribution in [2.75, 3.05) is 19.7 Å². The highest BCUT2D eigenvalue weighted by Crippen LogP contribution is 2.60. The summed E-state index contributed by atoms with van der Waals surface area (Å²) in [5.41, 5.74) is -3.67. The molecule has 0 bridgehead atoms. The summed E-state index contributed by atoms with van der Waals surface area (Å²) in [4.78, 5) is 27.2. The van der Waals surface area contributed by atoms with Crippen molar-refractivity contribution in [3.63, 3.8) is 0 Å². The summed E-state index contributed by atoms with van der Waals surface area (Å²) in [5, 5.41) is 9.09. The number of rotatable bonds is 9. The van der Waals surface area contributed by atoms with E-state index in [2.05, 4.69) is 0 Å². The number of carbonyl (C=O) groups excluding carboxylic acids is 2. The summed E-state index contributed by atoms with van der Waals surface area (Å²) in [6, 6.07) is 7.73. The van der Waals surface area contributed by atoms with Crippen molar-refractivity contribution < 1.29 is 45.1 Å². The normalized spacial score (nSPS) is 27.1. The molecule has 6 nitrogen and oxygen atoms in total. The standard InChI is InChI=1S/C31H34F5NO5S/c1-29(33,31(34,35)36)22-4-10-26-19(15-22)3-9-25-20(16-27(39)21-17-28(40)37(18-21)13-2-14-38)11-12-30(25,26)43(41,42)24-7-5-23(32)6-8-24/h4-8,10,15,20-21,25,38H,2-3,9,11-14,16-18H2,1H3/t20-,21-,25-,29?,30-/m0/s1. The van der Waals surface area contributed by atoms with Crippen molar-refractivity contribution in [2.24, 2.45) is 17.8 Å². The summed E-state index contributed by atoms with van der Waals surface area (Å²) in [5.74, 6) is -2.46. The van der Waals surface area contributed by atoms with Crippen LogP contribution in [0.25, 0.3) is 0 Å². The van der Waals surface area contributed by atoms with Gasteiger partial charge in [0.1, 0.15) is 16.3 Å². The summed E-state index contributed by atoms with van der Waals surface area (Å²) < 4.78 is 96.5. The number of Topliss-reactive ketones (excluding diaryl/α,β-unsaturated/α-hetero) is 1. The summed E-state index contributed by atoms with van der Waals surface area (Å²) in [6.07, 6.45) is -3.82. The fourth-order valence-corrected chi connectivity index (χ4v) is 9.89. The first-order chi connectivity index (χ1) is 20.1. The predicted molar refractivity (Wildman–Crippen MR) is 147 cm³/mol. The molecule has 1 saturated carbocycles. The number of amides is 1. The maximum absolute atomic E-state index is 14.9. The van der Waals surface area contributed by atoms with Crippen LogP contribution < -0.4 is 0 Å². The van der Waals surface area contributed by atoms with Gasteiger partial charge in [-0.15, -0.1) is 0 Å². The number of aliphatic hydroxyl groups is 1. The van der Waals surface area contributed by atoms with Gasteiger partial charge in [-0.05, 0) is 91.8 Å². The Labute approximate surface area is 247 Å². The van der Waals surface area contributed by atoms with Gasteiger partial charge in [0.2, 0.25) is 11.6 Å². The second-order valence-electron chi connectivity index (χ2n) is 12.2. The smallest absolute Gasteiger partial charge is 0.396 e. The predicted octanol–water partition coefficient (Wildman–Crippen LogP) is 5.40. The molecule has 2 fully saturated rings. The van der Waals surface area contributed by atoms with E-state index >= 15 is 0 Å². The number of alkyl halides is 4. The lowest BCUT2D eigenvalue weighted by Gasteiger charge is -2.43. The molecule has 2 aromatic rings. The number of hydrogen-bond acceptors (Lipinski definition) is 5. The molecule has 43 heavy (non-hydrogen) atoms. The number of sulfone groups is 1.